The van der Waals surface area contributed by atoms with E-state index >= 15 is 0 Å². The molecule has 35 heavy (non-hydrogen) atoms. The molecule has 0 N–H and O–H groups in total. The van der Waals surface area contributed by atoms with Crippen LogP contribution < -0.4 is 14.2 Å². The van der Waals surface area contributed by atoms with Crippen LogP contribution in [-0.4, -0.2) is 36.3 Å². The van der Waals surface area contributed by atoms with Gasteiger partial charge in [0.15, 0.2) is 11.5 Å². The third kappa shape index (κ3) is 6.31. The molecule has 0 unspecified atom stereocenters. The zero-order chi connectivity index (χ0) is 24.8. The number of hydrogen-bond acceptors (Lipinski definition) is 6. The lowest BCUT2D eigenvalue weighted by atomic mass is 10.2. The molecule has 0 spiro atoms. The second kappa shape index (κ2) is 11.5. The zero-order valence-electron chi connectivity index (χ0n) is 18.7. The molecule has 0 aliphatic carbocycles. The summed E-state index contributed by atoms with van der Waals surface area (Å²) in [5.74, 6) is 1.38. The minimum atomic E-state index is -0.358. The van der Waals surface area contributed by atoms with Crippen LogP contribution in [0.1, 0.15) is 11.1 Å². The summed E-state index contributed by atoms with van der Waals surface area (Å²) in [6.45, 7) is 0.551. The summed E-state index contributed by atoms with van der Waals surface area (Å²) in [7, 11) is 1.55. The van der Waals surface area contributed by atoms with Crippen molar-refractivity contribution in [3.63, 3.8) is 0 Å². The topological polar surface area (TPSA) is 65.1 Å². The third-order valence-corrected chi connectivity index (χ3v) is 6.57. The number of carbonyl (C=O) groups is 2. The van der Waals surface area contributed by atoms with Gasteiger partial charge in [-0.15, -0.1) is 0 Å². The predicted molar refractivity (Wildman–Crippen MR) is 138 cm³/mol. The molecule has 2 amide bonds. The van der Waals surface area contributed by atoms with Crippen molar-refractivity contribution in [1.29, 1.82) is 0 Å². The number of para-hydroxylation sites is 2. The lowest BCUT2D eigenvalue weighted by Gasteiger charge is -2.14. The molecule has 3 aromatic carbocycles. The van der Waals surface area contributed by atoms with Crippen LogP contribution in [0, 0.1) is 0 Å². The number of rotatable bonds is 9. The highest BCUT2D eigenvalue weighted by Crippen LogP contribution is 2.33. The van der Waals surface area contributed by atoms with E-state index in [1.807, 2.05) is 36.4 Å². The first-order valence-corrected chi connectivity index (χ1v) is 12.2. The molecule has 6 nitrogen and oxygen atoms in total. The molecular weight excluding hydrogens is 509 g/mol. The van der Waals surface area contributed by atoms with E-state index < -0.39 is 0 Å². The van der Waals surface area contributed by atoms with E-state index in [1.54, 1.807) is 43.5 Å². The molecule has 1 heterocycles. The van der Waals surface area contributed by atoms with Crippen molar-refractivity contribution in [1.82, 2.24) is 4.90 Å². The average molecular weight is 530 g/mol. The Morgan fingerprint density at radius 3 is 2.51 bits per heavy atom. The van der Waals surface area contributed by atoms with Crippen molar-refractivity contribution in [2.24, 2.45) is 0 Å². The number of methoxy groups -OCH3 is 1. The normalized spacial score (nSPS) is 14.5. The molecule has 180 valence electrons. The van der Waals surface area contributed by atoms with Gasteiger partial charge in [0.05, 0.1) is 18.6 Å². The van der Waals surface area contributed by atoms with E-state index in [0.29, 0.717) is 32.2 Å². The quantitative estimate of drug-likeness (QED) is 0.287. The molecule has 0 radical (unpaired) electrons. The van der Waals surface area contributed by atoms with Crippen LogP contribution in [-0.2, 0) is 11.4 Å². The number of hydrogen-bond donors (Lipinski definition) is 0. The molecule has 0 atom stereocenters. The van der Waals surface area contributed by atoms with Crippen LogP contribution >= 0.6 is 35.0 Å². The van der Waals surface area contributed by atoms with Crippen LogP contribution in [0.3, 0.4) is 0 Å². The van der Waals surface area contributed by atoms with Crippen molar-refractivity contribution in [2.75, 3.05) is 20.3 Å². The Morgan fingerprint density at radius 2 is 1.74 bits per heavy atom. The number of ether oxygens (including phenoxy) is 3. The molecule has 9 heteroatoms. The van der Waals surface area contributed by atoms with Crippen molar-refractivity contribution in [3.05, 3.63) is 92.8 Å². The fraction of sp³-hybridized carbons (Fsp3) is 0.154. The van der Waals surface area contributed by atoms with E-state index in [1.165, 1.54) is 4.90 Å². The van der Waals surface area contributed by atoms with Gasteiger partial charge in [-0.05, 0) is 59.8 Å². The molecule has 1 aliphatic rings. The summed E-state index contributed by atoms with van der Waals surface area (Å²) in [5.41, 5.74) is 1.54. The SMILES string of the molecule is COc1ccccc1OCCN1C(=O)S/C(=C\c2cccc(OCc3ccc(Cl)cc3Cl)c2)C1=O. The number of halogens is 2. The highest BCUT2D eigenvalue weighted by molar-refractivity contribution is 8.18. The maximum Gasteiger partial charge on any atom is 0.293 e. The van der Waals surface area contributed by atoms with Crippen LogP contribution in [0.5, 0.6) is 17.2 Å². The Balaban J connectivity index is 1.38. The molecule has 0 bridgehead atoms. The molecule has 3 aromatic rings. The lowest BCUT2D eigenvalue weighted by Crippen LogP contribution is -2.32. The molecule has 0 saturated carbocycles. The Kier molecular flexibility index (Phi) is 8.23. The average Bonchev–Trinajstić information content (AvgIpc) is 3.11. The van der Waals surface area contributed by atoms with Gasteiger partial charge in [-0.1, -0.05) is 53.5 Å². The Bertz CT molecular complexity index is 1280. The molecule has 1 fully saturated rings. The van der Waals surface area contributed by atoms with Gasteiger partial charge in [0, 0.05) is 15.6 Å². The summed E-state index contributed by atoms with van der Waals surface area (Å²) >= 11 is 13.0. The Labute approximate surface area is 217 Å². The van der Waals surface area contributed by atoms with Crippen molar-refractivity contribution in [2.45, 2.75) is 6.61 Å². The van der Waals surface area contributed by atoms with Crippen molar-refractivity contribution < 1.29 is 23.8 Å². The van der Waals surface area contributed by atoms with Crippen LogP contribution in [0.25, 0.3) is 6.08 Å². The molecule has 0 aromatic heterocycles. The minimum Gasteiger partial charge on any atom is -0.493 e. The molecule has 1 aliphatic heterocycles. The number of carbonyl (C=O) groups excluding carboxylic acids is 2. The van der Waals surface area contributed by atoms with Crippen LogP contribution in [0.4, 0.5) is 4.79 Å². The first-order valence-electron chi connectivity index (χ1n) is 10.6. The first kappa shape index (κ1) is 25.0. The largest absolute Gasteiger partial charge is 0.493 e. The summed E-state index contributed by atoms with van der Waals surface area (Å²) in [6.07, 6.45) is 1.67. The van der Waals surface area contributed by atoms with Crippen LogP contribution in [0.15, 0.2) is 71.6 Å². The number of thioether (sulfide) groups is 1. The summed E-state index contributed by atoms with van der Waals surface area (Å²) in [6, 6.07) is 19.7. The zero-order valence-corrected chi connectivity index (χ0v) is 21.0. The van der Waals surface area contributed by atoms with E-state index in [0.717, 1.165) is 22.9 Å². The van der Waals surface area contributed by atoms with Gasteiger partial charge in [-0.2, -0.15) is 0 Å². The minimum absolute atomic E-state index is 0.130. The van der Waals surface area contributed by atoms with Crippen LogP contribution in [0.2, 0.25) is 10.0 Å². The van der Waals surface area contributed by atoms with Crippen molar-refractivity contribution in [3.8, 4) is 17.2 Å². The molecule has 4 rings (SSSR count). The Morgan fingerprint density at radius 1 is 0.943 bits per heavy atom. The molecule has 1 saturated heterocycles. The third-order valence-electron chi connectivity index (χ3n) is 5.08. The maximum atomic E-state index is 12.8. The highest BCUT2D eigenvalue weighted by atomic mass is 35.5. The number of nitrogens with zero attached hydrogens (tertiary/aromatic N) is 1. The predicted octanol–water partition coefficient (Wildman–Crippen LogP) is 6.70. The van der Waals surface area contributed by atoms with Gasteiger partial charge >= 0.3 is 0 Å². The monoisotopic (exact) mass is 529 g/mol. The number of amides is 2. The fourth-order valence-corrected chi connectivity index (χ4v) is 4.65. The standard InChI is InChI=1S/C26H21Cl2NO5S/c1-32-22-7-2-3-8-23(22)33-12-11-29-25(30)24(35-26(29)31)14-17-5-4-6-20(13-17)34-16-18-9-10-19(27)15-21(18)28/h2-10,13-15H,11-12,16H2,1H3/b24-14-. The second-order valence-electron chi connectivity index (χ2n) is 7.43. The van der Waals surface area contributed by atoms with E-state index in [9.17, 15) is 9.59 Å². The van der Waals surface area contributed by atoms with Gasteiger partial charge in [0.25, 0.3) is 11.1 Å². The van der Waals surface area contributed by atoms with Gasteiger partial charge in [0.2, 0.25) is 0 Å². The second-order valence-corrected chi connectivity index (χ2v) is 9.27. The molecular formula is C26H21Cl2NO5S. The van der Waals surface area contributed by atoms with Crippen molar-refractivity contribution >= 4 is 52.2 Å². The van der Waals surface area contributed by atoms with Gasteiger partial charge < -0.3 is 14.2 Å². The van der Waals surface area contributed by atoms with E-state index in [4.69, 9.17) is 37.4 Å². The summed E-state index contributed by atoms with van der Waals surface area (Å²) in [4.78, 5) is 26.8. The Hall–Kier alpha value is -3.13. The number of benzene rings is 3. The van der Waals surface area contributed by atoms with E-state index in [2.05, 4.69) is 0 Å². The number of imide groups is 1. The van der Waals surface area contributed by atoms with E-state index in [-0.39, 0.29) is 30.9 Å². The smallest absolute Gasteiger partial charge is 0.293 e. The lowest BCUT2D eigenvalue weighted by molar-refractivity contribution is -0.123. The first-order chi connectivity index (χ1) is 16.9. The summed E-state index contributed by atoms with van der Waals surface area (Å²) in [5, 5.41) is 0.743. The fourth-order valence-electron chi connectivity index (χ4n) is 3.32. The summed E-state index contributed by atoms with van der Waals surface area (Å²) < 4.78 is 16.8. The highest BCUT2D eigenvalue weighted by Gasteiger charge is 2.34. The van der Waals surface area contributed by atoms with Gasteiger partial charge in [0.1, 0.15) is 19.0 Å². The van der Waals surface area contributed by atoms with Gasteiger partial charge in [-0.3, -0.25) is 14.5 Å². The maximum absolute atomic E-state index is 12.8. The van der Waals surface area contributed by atoms with Gasteiger partial charge in [-0.25, -0.2) is 0 Å².